The third-order valence-electron chi connectivity index (χ3n) is 2.77. The van der Waals surface area contributed by atoms with E-state index in [1.54, 1.807) is 24.3 Å². The maximum atomic E-state index is 13.7. The van der Waals surface area contributed by atoms with E-state index in [1.165, 1.54) is 6.92 Å². The van der Waals surface area contributed by atoms with Gasteiger partial charge in [-0.3, -0.25) is 0 Å². The van der Waals surface area contributed by atoms with Crippen LogP contribution in [0.2, 0.25) is 5.02 Å². The van der Waals surface area contributed by atoms with Crippen molar-refractivity contribution in [3.63, 3.8) is 0 Å². The Labute approximate surface area is 109 Å². The molecule has 0 aliphatic heterocycles. The summed E-state index contributed by atoms with van der Waals surface area (Å²) in [6.45, 7) is 1.46. The summed E-state index contributed by atoms with van der Waals surface area (Å²) < 4.78 is 27.2. The SMILES string of the molecule is Cc1cc(F)c(C(O)c2ccccc2Cl)cc1F. The van der Waals surface area contributed by atoms with Gasteiger partial charge in [-0.05, 0) is 30.7 Å². The maximum Gasteiger partial charge on any atom is 0.129 e. The van der Waals surface area contributed by atoms with Crippen LogP contribution in [0, 0.1) is 18.6 Å². The molecule has 0 radical (unpaired) electrons. The normalized spacial score (nSPS) is 12.5. The van der Waals surface area contributed by atoms with Crippen LogP contribution in [0.4, 0.5) is 8.78 Å². The Balaban J connectivity index is 2.50. The van der Waals surface area contributed by atoms with E-state index in [0.29, 0.717) is 10.6 Å². The molecule has 2 aromatic rings. The molecule has 0 saturated heterocycles. The molecule has 0 aliphatic carbocycles. The van der Waals surface area contributed by atoms with E-state index in [-0.39, 0.29) is 11.1 Å². The van der Waals surface area contributed by atoms with Crippen molar-refractivity contribution in [2.24, 2.45) is 0 Å². The molecule has 0 amide bonds. The zero-order valence-electron chi connectivity index (χ0n) is 9.62. The molecule has 94 valence electrons. The molecular weight excluding hydrogens is 258 g/mol. The molecule has 1 unspecified atom stereocenters. The van der Waals surface area contributed by atoms with Gasteiger partial charge in [-0.2, -0.15) is 0 Å². The highest BCUT2D eigenvalue weighted by Crippen LogP contribution is 2.30. The molecule has 18 heavy (non-hydrogen) atoms. The van der Waals surface area contributed by atoms with Crippen LogP contribution in [0.5, 0.6) is 0 Å². The van der Waals surface area contributed by atoms with Crippen LogP contribution >= 0.6 is 11.6 Å². The molecular formula is C14H11ClF2O. The number of hydrogen-bond donors (Lipinski definition) is 1. The van der Waals surface area contributed by atoms with Crippen molar-refractivity contribution in [2.75, 3.05) is 0 Å². The standard InChI is InChI=1S/C14H11ClF2O/c1-8-6-13(17)10(7-12(8)16)14(18)9-4-2-3-5-11(9)15/h2-7,14,18H,1H3. The van der Waals surface area contributed by atoms with Crippen LogP contribution in [0.3, 0.4) is 0 Å². The number of hydrogen-bond acceptors (Lipinski definition) is 1. The molecule has 1 N–H and O–H groups in total. The predicted octanol–water partition coefficient (Wildman–Crippen LogP) is 4.01. The van der Waals surface area contributed by atoms with Gasteiger partial charge in [0.1, 0.15) is 17.7 Å². The first-order valence-corrected chi connectivity index (χ1v) is 5.76. The van der Waals surface area contributed by atoms with Crippen molar-refractivity contribution in [3.05, 3.63) is 69.7 Å². The lowest BCUT2D eigenvalue weighted by Gasteiger charge is -2.14. The molecule has 1 nitrogen and oxygen atoms in total. The van der Waals surface area contributed by atoms with Gasteiger partial charge in [-0.15, -0.1) is 0 Å². The Bertz CT molecular complexity index is 584. The van der Waals surface area contributed by atoms with E-state index >= 15 is 0 Å². The van der Waals surface area contributed by atoms with Crippen LogP contribution in [0.15, 0.2) is 36.4 Å². The van der Waals surface area contributed by atoms with Crippen LogP contribution in [0.1, 0.15) is 22.8 Å². The highest BCUT2D eigenvalue weighted by atomic mass is 35.5. The van der Waals surface area contributed by atoms with Gasteiger partial charge in [-0.1, -0.05) is 29.8 Å². The predicted molar refractivity (Wildman–Crippen MR) is 66.6 cm³/mol. The van der Waals surface area contributed by atoms with Gasteiger partial charge in [0.2, 0.25) is 0 Å². The monoisotopic (exact) mass is 268 g/mol. The fourth-order valence-corrected chi connectivity index (χ4v) is 1.97. The summed E-state index contributed by atoms with van der Waals surface area (Å²) in [6.07, 6.45) is -1.28. The minimum atomic E-state index is -1.28. The molecule has 0 fully saturated rings. The van der Waals surface area contributed by atoms with Crippen LogP contribution < -0.4 is 0 Å². The largest absolute Gasteiger partial charge is 0.383 e. The molecule has 4 heteroatoms. The van der Waals surface area contributed by atoms with E-state index in [1.807, 2.05) is 0 Å². The van der Waals surface area contributed by atoms with Crippen molar-refractivity contribution >= 4 is 11.6 Å². The molecule has 0 bridgehead atoms. The zero-order chi connectivity index (χ0) is 13.3. The van der Waals surface area contributed by atoms with Gasteiger partial charge >= 0.3 is 0 Å². The lowest BCUT2D eigenvalue weighted by atomic mass is 9.99. The molecule has 0 aliphatic rings. The molecule has 0 spiro atoms. The molecule has 0 aromatic heterocycles. The van der Waals surface area contributed by atoms with Gasteiger partial charge in [0.15, 0.2) is 0 Å². The second-order valence-corrected chi connectivity index (χ2v) is 4.45. The quantitative estimate of drug-likeness (QED) is 0.873. The molecule has 2 aromatic carbocycles. The average Bonchev–Trinajstić information content (AvgIpc) is 2.33. The number of aliphatic hydroxyl groups is 1. The Kier molecular flexibility index (Phi) is 3.64. The van der Waals surface area contributed by atoms with Crippen molar-refractivity contribution in [1.82, 2.24) is 0 Å². The second-order valence-electron chi connectivity index (χ2n) is 4.05. The van der Waals surface area contributed by atoms with E-state index in [4.69, 9.17) is 11.6 Å². The average molecular weight is 269 g/mol. The summed E-state index contributed by atoms with van der Waals surface area (Å²) in [4.78, 5) is 0. The van der Waals surface area contributed by atoms with Gasteiger partial charge in [0.05, 0.1) is 0 Å². The minimum absolute atomic E-state index is 0.119. The number of rotatable bonds is 2. The van der Waals surface area contributed by atoms with E-state index in [0.717, 1.165) is 12.1 Å². The molecule has 1 atom stereocenters. The molecule has 0 heterocycles. The Morgan fingerprint density at radius 1 is 1.06 bits per heavy atom. The van der Waals surface area contributed by atoms with Gasteiger partial charge in [0, 0.05) is 16.1 Å². The highest BCUT2D eigenvalue weighted by molar-refractivity contribution is 6.31. The third kappa shape index (κ3) is 2.37. The van der Waals surface area contributed by atoms with Crippen LogP contribution in [-0.2, 0) is 0 Å². The number of benzene rings is 2. The number of aryl methyl sites for hydroxylation is 1. The van der Waals surface area contributed by atoms with Gasteiger partial charge in [0.25, 0.3) is 0 Å². The number of halogens is 3. The topological polar surface area (TPSA) is 20.2 Å². The minimum Gasteiger partial charge on any atom is -0.383 e. The summed E-state index contributed by atoms with van der Waals surface area (Å²) in [5, 5.41) is 10.4. The Morgan fingerprint density at radius 3 is 2.39 bits per heavy atom. The molecule has 2 rings (SSSR count). The van der Waals surface area contributed by atoms with E-state index < -0.39 is 17.7 Å². The second kappa shape index (κ2) is 5.04. The van der Waals surface area contributed by atoms with Crippen molar-refractivity contribution < 1.29 is 13.9 Å². The number of aliphatic hydroxyl groups excluding tert-OH is 1. The van der Waals surface area contributed by atoms with Crippen LogP contribution in [0.25, 0.3) is 0 Å². The van der Waals surface area contributed by atoms with E-state index in [2.05, 4.69) is 0 Å². The van der Waals surface area contributed by atoms with Gasteiger partial charge in [-0.25, -0.2) is 8.78 Å². The fraction of sp³-hybridized carbons (Fsp3) is 0.143. The maximum absolute atomic E-state index is 13.7. The zero-order valence-corrected chi connectivity index (χ0v) is 10.4. The summed E-state index contributed by atoms with van der Waals surface area (Å²) in [7, 11) is 0. The van der Waals surface area contributed by atoms with Crippen LogP contribution in [-0.4, -0.2) is 5.11 Å². The van der Waals surface area contributed by atoms with Gasteiger partial charge < -0.3 is 5.11 Å². The Hall–Kier alpha value is -1.45. The summed E-state index contributed by atoms with van der Waals surface area (Å²) in [5.41, 5.74) is 0.426. The van der Waals surface area contributed by atoms with Crippen molar-refractivity contribution in [1.29, 1.82) is 0 Å². The van der Waals surface area contributed by atoms with Crippen molar-refractivity contribution in [2.45, 2.75) is 13.0 Å². The highest BCUT2D eigenvalue weighted by Gasteiger charge is 2.19. The first kappa shape index (κ1) is 13.0. The van der Waals surface area contributed by atoms with E-state index in [9.17, 15) is 13.9 Å². The summed E-state index contributed by atoms with van der Waals surface area (Å²) in [5.74, 6) is -1.21. The summed E-state index contributed by atoms with van der Waals surface area (Å²) in [6, 6.07) is 8.59. The third-order valence-corrected chi connectivity index (χ3v) is 3.12. The van der Waals surface area contributed by atoms with Crippen molar-refractivity contribution in [3.8, 4) is 0 Å². The fourth-order valence-electron chi connectivity index (χ4n) is 1.74. The lowest BCUT2D eigenvalue weighted by Crippen LogP contribution is -2.05. The Morgan fingerprint density at radius 2 is 1.72 bits per heavy atom. The lowest BCUT2D eigenvalue weighted by molar-refractivity contribution is 0.214. The first-order valence-electron chi connectivity index (χ1n) is 5.38. The summed E-state index contributed by atoms with van der Waals surface area (Å²) >= 11 is 5.92. The smallest absolute Gasteiger partial charge is 0.129 e. The molecule has 0 saturated carbocycles. The first-order chi connectivity index (χ1) is 8.50.